The summed E-state index contributed by atoms with van der Waals surface area (Å²) in [6.07, 6.45) is 1.97. The molecule has 0 unspecified atom stereocenters. The smallest absolute Gasteiger partial charge is 0.207 e. The highest BCUT2D eigenvalue weighted by Crippen LogP contribution is 2.27. The first-order chi connectivity index (χ1) is 8.05. The highest BCUT2D eigenvalue weighted by Gasteiger charge is 2.30. The Labute approximate surface area is 106 Å². The molecule has 1 aromatic rings. The highest BCUT2D eigenvalue weighted by atomic mass is 32.2. The van der Waals surface area contributed by atoms with Gasteiger partial charge in [-0.1, -0.05) is 6.92 Å². The lowest BCUT2D eigenvalue weighted by atomic mass is 10.0. The molecule has 0 bridgehead atoms. The Kier molecular flexibility index (Phi) is 3.52. The first-order valence-corrected chi connectivity index (χ1v) is 7.85. The molecule has 1 saturated heterocycles. The molecule has 1 aromatic heterocycles. The van der Waals surface area contributed by atoms with Crippen molar-refractivity contribution >= 4 is 21.4 Å². The van der Waals surface area contributed by atoms with Crippen molar-refractivity contribution in [3.05, 3.63) is 16.3 Å². The second-order valence-electron chi connectivity index (χ2n) is 4.34. The Morgan fingerprint density at radius 2 is 2.35 bits per heavy atom. The van der Waals surface area contributed by atoms with E-state index in [0.29, 0.717) is 19.0 Å². The topological polar surface area (TPSA) is 61.2 Å². The van der Waals surface area contributed by atoms with Crippen LogP contribution in [0.1, 0.15) is 24.6 Å². The molecule has 0 radical (unpaired) electrons. The van der Waals surface area contributed by atoms with E-state index in [1.165, 1.54) is 21.7 Å². The minimum atomic E-state index is -3.47. The normalized spacial score (nSPS) is 22.2. The van der Waals surface area contributed by atoms with Crippen molar-refractivity contribution < 1.29 is 8.42 Å². The van der Waals surface area contributed by atoms with Gasteiger partial charge in [-0.2, -0.15) is 9.57 Å². The minimum absolute atomic E-state index is 0.166. The number of thiophene rings is 1. The number of hydrogen-bond acceptors (Lipinski definition) is 4. The van der Waals surface area contributed by atoms with E-state index in [2.05, 4.69) is 6.92 Å². The van der Waals surface area contributed by atoms with Gasteiger partial charge in [0.15, 0.2) is 0 Å². The zero-order valence-electron chi connectivity index (χ0n) is 9.59. The largest absolute Gasteiger partial charge is 0.245 e. The summed E-state index contributed by atoms with van der Waals surface area (Å²) in [4.78, 5) is 0.447. The summed E-state index contributed by atoms with van der Waals surface area (Å²) in [5, 5.41) is 10.6. The highest BCUT2D eigenvalue weighted by molar-refractivity contribution is 7.89. The zero-order chi connectivity index (χ0) is 12.5. The molecule has 0 N–H and O–H groups in total. The van der Waals surface area contributed by atoms with E-state index in [4.69, 9.17) is 5.26 Å². The van der Waals surface area contributed by atoms with Gasteiger partial charge < -0.3 is 0 Å². The Balaban J connectivity index is 2.34. The molecule has 6 heteroatoms. The maximum Gasteiger partial charge on any atom is 0.245 e. The predicted molar refractivity (Wildman–Crippen MR) is 66.2 cm³/mol. The third-order valence-corrected chi connectivity index (χ3v) is 5.82. The van der Waals surface area contributed by atoms with Crippen LogP contribution in [-0.2, 0) is 10.0 Å². The lowest BCUT2D eigenvalue weighted by molar-refractivity contribution is 0.281. The van der Waals surface area contributed by atoms with E-state index in [1.807, 2.05) is 6.07 Å². The van der Waals surface area contributed by atoms with Gasteiger partial charge in [-0.15, -0.1) is 11.3 Å². The van der Waals surface area contributed by atoms with Crippen molar-refractivity contribution in [1.29, 1.82) is 5.26 Å². The third kappa shape index (κ3) is 2.37. The summed E-state index contributed by atoms with van der Waals surface area (Å²) in [6, 6.07) is 3.47. The van der Waals surface area contributed by atoms with Gasteiger partial charge in [0.2, 0.25) is 10.0 Å². The van der Waals surface area contributed by atoms with Crippen LogP contribution in [0, 0.1) is 17.2 Å². The lowest BCUT2D eigenvalue weighted by Gasteiger charge is -2.29. The quantitative estimate of drug-likeness (QED) is 0.826. The van der Waals surface area contributed by atoms with E-state index >= 15 is 0 Å². The van der Waals surface area contributed by atoms with Crippen LogP contribution in [0.5, 0.6) is 0 Å². The van der Waals surface area contributed by atoms with Gasteiger partial charge in [-0.3, -0.25) is 0 Å². The number of sulfonamides is 1. The zero-order valence-corrected chi connectivity index (χ0v) is 11.2. The number of rotatable bonds is 2. The summed E-state index contributed by atoms with van der Waals surface area (Å²) in [6.45, 7) is 3.18. The van der Waals surface area contributed by atoms with Gasteiger partial charge in [0.1, 0.15) is 15.8 Å². The monoisotopic (exact) mass is 270 g/mol. The Bertz CT molecular complexity index is 542. The molecule has 0 aromatic carbocycles. The Morgan fingerprint density at radius 3 is 3.00 bits per heavy atom. The summed E-state index contributed by atoms with van der Waals surface area (Å²) in [5.41, 5.74) is 0. The summed E-state index contributed by atoms with van der Waals surface area (Å²) >= 11 is 1.17. The third-order valence-electron chi connectivity index (χ3n) is 2.97. The average molecular weight is 270 g/mol. The second-order valence-corrected chi connectivity index (χ2v) is 7.16. The van der Waals surface area contributed by atoms with Crippen molar-refractivity contribution in [3.8, 4) is 6.07 Å². The van der Waals surface area contributed by atoms with Gasteiger partial charge in [0.25, 0.3) is 0 Å². The molecule has 17 heavy (non-hydrogen) atoms. The van der Waals surface area contributed by atoms with Gasteiger partial charge in [-0.25, -0.2) is 8.42 Å². The standard InChI is InChI=1S/C11H14N2O2S2/c1-9-3-2-5-13(8-9)17(14,15)11-4-6-16-10(11)7-12/h4,6,9H,2-3,5,8H2,1H3/t9-/m1/s1. The average Bonchev–Trinajstić information content (AvgIpc) is 2.77. The fourth-order valence-electron chi connectivity index (χ4n) is 2.09. The van der Waals surface area contributed by atoms with Crippen LogP contribution in [-0.4, -0.2) is 25.8 Å². The van der Waals surface area contributed by atoms with E-state index in [0.717, 1.165) is 12.8 Å². The van der Waals surface area contributed by atoms with Gasteiger partial charge in [0, 0.05) is 13.1 Å². The minimum Gasteiger partial charge on any atom is -0.207 e. The van der Waals surface area contributed by atoms with Crippen molar-refractivity contribution in [2.45, 2.75) is 24.7 Å². The second kappa shape index (κ2) is 4.77. The van der Waals surface area contributed by atoms with E-state index in [-0.39, 0.29) is 9.77 Å². The molecule has 0 amide bonds. The van der Waals surface area contributed by atoms with Crippen LogP contribution in [0.3, 0.4) is 0 Å². The maximum absolute atomic E-state index is 12.4. The summed E-state index contributed by atoms with van der Waals surface area (Å²) in [7, 11) is -3.47. The molecule has 0 spiro atoms. The molecule has 92 valence electrons. The molecular weight excluding hydrogens is 256 g/mol. The van der Waals surface area contributed by atoms with Crippen molar-refractivity contribution in [2.24, 2.45) is 5.92 Å². The molecule has 4 nitrogen and oxygen atoms in total. The van der Waals surface area contributed by atoms with Crippen LogP contribution < -0.4 is 0 Å². The molecule has 2 heterocycles. The Morgan fingerprint density at radius 1 is 1.59 bits per heavy atom. The molecule has 1 atom stereocenters. The molecule has 2 rings (SSSR count). The van der Waals surface area contributed by atoms with E-state index in [9.17, 15) is 8.42 Å². The van der Waals surface area contributed by atoms with Crippen LogP contribution >= 0.6 is 11.3 Å². The predicted octanol–water partition coefficient (Wildman–Crippen LogP) is 2.04. The van der Waals surface area contributed by atoms with Gasteiger partial charge >= 0.3 is 0 Å². The fourth-order valence-corrected chi connectivity index (χ4v) is 4.83. The lowest BCUT2D eigenvalue weighted by Crippen LogP contribution is -2.39. The summed E-state index contributed by atoms with van der Waals surface area (Å²) < 4.78 is 26.2. The van der Waals surface area contributed by atoms with Gasteiger partial charge in [-0.05, 0) is 30.2 Å². The molecule has 0 aliphatic carbocycles. The molecule has 1 aliphatic rings. The molecular formula is C11H14N2O2S2. The van der Waals surface area contributed by atoms with Gasteiger partial charge in [0.05, 0.1) is 0 Å². The maximum atomic E-state index is 12.4. The van der Waals surface area contributed by atoms with Crippen molar-refractivity contribution in [1.82, 2.24) is 4.31 Å². The first-order valence-electron chi connectivity index (χ1n) is 5.53. The summed E-state index contributed by atoms with van der Waals surface area (Å²) in [5.74, 6) is 0.391. The van der Waals surface area contributed by atoms with Crippen molar-refractivity contribution in [3.63, 3.8) is 0 Å². The van der Waals surface area contributed by atoms with Crippen LogP contribution in [0.2, 0.25) is 0 Å². The number of nitriles is 1. The van der Waals surface area contributed by atoms with E-state index < -0.39 is 10.0 Å². The van der Waals surface area contributed by atoms with Crippen LogP contribution in [0.4, 0.5) is 0 Å². The first kappa shape index (κ1) is 12.6. The molecule has 1 aliphatic heterocycles. The number of nitrogens with zero attached hydrogens (tertiary/aromatic N) is 2. The van der Waals surface area contributed by atoms with Crippen LogP contribution in [0.15, 0.2) is 16.3 Å². The number of piperidine rings is 1. The molecule has 0 saturated carbocycles. The number of hydrogen-bond donors (Lipinski definition) is 0. The fraction of sp³-hybridized carbons (Fsp3) is 0.545. The van der Waals surface area contributed by atoms with E-state index in [1.54, 1.807) is 5.38 Å². The molecule has 1 fully saturated rings. The Hall–Kier alpha value is -0.900. The van der Waals surface area contributed by atoms with Crippen LogP contribution in [0.25, 0.3) is 0 Å². The van der Waals surface area contributed by atoms with Crippen molar-refractivity contribution in [2.75, 3.05) is 13.1 Å². The SMILES string of the molecule is C[C@@H]1CCCN(S(=O)(=O)c2ccsc2C#N)C1.